The van der Waals surface area contributed by atoms with Crippen LogP contribution in [0.25, 0.3) is 0 Å². The molecule has 0 aliphatic carbocycles. The van der Waals surface area contributed by atoms with Gasteiger partial charge >= 0.3 is 0 Å². The largest absolute Gasteiger partial charge is 0.359 e. The zero-order valence-corrected chi connectivity index (χ0v) is 9.10. The van der Waals surface area contributed by atoms with Crippen molar-refractivity contribution < 1.29 is 0 Å². The quantitative estimate of drug-likeness (QED) is 0.577. The summed E-state index contributed by atoms with van der Waals surface area (Å²) in [6.45, 7) is 0.716. The number of hydrogen-bond donors (Lipinski definition) is 2. The number of halogens is 1. The van der Waals surface area contributed by atoms with Crippen molar-refractivity contribution in [3.63, 3.8) is 0 Å². The summed E-state index contributed by atoms with van der Waals surface area (Å²) in [6, 6.07) is 7.73. The maximum atomic E-state index is 5.85. The van der Waals surface area contributed by atoms with Crippen molar-refractivity contribution in [2.45, 2.75) is 6.54 Å². The summed E-state index contributed by atoms with van der Waals surface area (Å²) >= 11 is 5.85. The van der Waals surface area contributed by atoms with Gasteiger partial charge in [0.05, 0.1) is 0 Å². The molecule has 1 rings (SSSR count). The Balaban J connectivity index is 2.53. The lowest BCUT2D eigenvalue weighted by Crippen LogP contribution is -2.34. The maximum absolute atomic E-state index is 5.85. The van der Waals surface area contributed by atoms with Crippen LogP contribution in [0.1, 0.15) is 5.56 Å². The van der Waals surface area contributed by atoms with Crippen molar-refractivity contribution in [3.05, 3.63) is 34.9 Å². The van der Waals surface area contributed by atoms with Crippen LogP contribution in [0.15, 0.2) is 29.3 Å². The lowest BCUT2D eigenvalue weighted by Gasteiger charge is -2.08. The number of nitrogens with zero attached hydrogens (tertiary/aromatic N) is 1. The van der Waals surface area contributed by atoms with Crippen molar-refractivity contribution in [3.8, 4) is 0 Å². The average molecular weight is 212 g/mol. The van der Waals surface area contributed by atoms with E-state index in [-0.39, 0.29) is 0 Å². The highest BCUT2D eigenvalue weighted by Crippen LogP contribution is 2.09. The summed E-state index contributed by atoms with van der Waals surface area (Å²) in [5.41, 5.74) is 1.13. The van der Waals surface area contributed by atoms with Crippen LogP contribution >= 0.6 is 11.6 Å². The minimum Gasteiger partial charge on any atom is -0.359 e. The van der Waals surface area contributed by atoms with Gasteiger partial charge in [-0.2, -0.15) is 0 Å². The van der Waals surface area contributed by atoms with Gasteiger partial charge in [-0.1, -0.05) is 23.7 Å². The van der Waals surface area contributed by atoms with Crippen molar-refractivity contribution in [2.24, 2.45) is 4.99 Å². The molecule has 4 heteroatoms. The third kappa shape index (κ3) is 3.26. The molecule has 0 radical (unpaired) electrons. The van der Waals surface area contributed by atoms with Gasteiger partial charge in [0.1, 0.15) is 0 Å². The second-order valence-electron chi connectivity index (χ2n) is 2.81. The SMILES string of the molecule is CN=C(NC)NCc1cccc(Cl)c1. The van der Waals surface area contributed by atoms with Crippen molar-refractivity contribution in [2.75, 3.05) is 14.1 Å². The second-order valence-corrected chi connectivity index (χ2v) is 3.24. The van der Waals surface area contributed by atoms with E-state index in [4.69, 9.17) is 11.6 Å². The highest BCUT2D eigenvalue weighted by Gasteiger charge is 1.95. The normalized spacial score (nSPS) is 11.2. The molecule has 0 aliphatic heterocycles. The standard InChI is InChI=1S/C10H14ClN3/c1-12-10(13-2)14-7-8-4-3-5-9(11)6-8/h3-6H,7H2,1-2H3,(H2,12,13,14). The molecule has 0 spiro atoms. The second kappa shape index (κ2) is 5.50. The third-order valence-corrected chi connectivity index (χ3v) is 2.04. The number of aliphatic imine (C=N–C) groups is 1. The molecule has 0 atom stereocenters. The Morgan fingerprint density at radius 3 is 2.86 bits per heavy atom. The molecule has 0 bridgehead atoms. The molecule has 1 aromatic carbocycles. The fourth-order valence-corrected chi connectivity index (χ4v) is 1.32. The van der Waals surface area contributed by atoms with Crippen LogP contribution in [-0.4, -0.2) is 20.1 Å². The fraction of sp³-hybridized carbons (Fsp3) is 0.300. The first-order valence-electron chi connectivity index (χ1n) is 4.39. The Morgan fingerprint density at radius 1 is 1.50 bits per heavy atom. The summed E-state index contributed by atoms with van der Waals surface area (Å²) in [4.78, 5) is 4.01. The molecular weight excluding hydrogens is 198 g/mol. The maximum Gasteiger partial charge on any atom is 0.190 e. The van der Waals surface area contributed by atoms with E-state index >= 15 is 0 Å². The van der Waals surface area contributed by atoms with Gasteiger partial charge in [-0.15, -0.1) is 0 Å². The van der Waals surface area contributed by atoms with E-state index in [1.165, 1.54) is 0 Å². The molecule has 0 saturated carbocycles. The van der Waals surface area contributed by atoms with Crippen LogP contribution in [-0.2, 0) is 6.54 Å². The first kappa shape index (κ1) is 10.9. The van der Waals surface area contributed by atoms with Crippen molar-refractivity contribution >= 4 is 17.6 Å². The molecule has 0 aromatic heterocycles. The predicted molar refractivity (Wildman–Crippen MR) is 60.7 cm³/mol. The number of rotatable bonds is 2. The molecular formula is C10H14ClN3. The topological polar surface area (TPSA) is 36.4 Å². The molecule has 3 nitrogen and oxygen atoms in total. The minimum absolute atomic E-state index is 0.716. The van der Waals surface area contributed by atoms with E-state index < -0.39 is 0 Å². The highest BCUT2D eigenvalue weighted by molar-refractivity contribution is 6.30. The lowest BCUT2D eigenvalue weighted by molar-refractivity contribution is 0.866. The summed E-state index contributed by atoms with van der Waals surface area (Å²) in [5, 5.41) is 6.84. The summed E-state index contributed by atoms with van der Waals surface area (Å²) in [7, 11) is 3.56. The number of nitrogens with one attached hydrogen (secondary N) is 2. The van der Waals surface area contributed by atoms with Gasteiger partial charge in [0.25, 0.3) is 0 Å². The van der Waals surface area contributed by atoms with Crippen LogP contribution in [0.4, 0.5) is 0 Å². The van der Waals surface area contributed by atoms with Gasteiger partial charge in [0, 0.05) is 25.7 Å². The molecule has 0 fully saturated rings. The fourth-order valence-electron chi connectivity index (χ4n) is 1.11. The van der Waals surface area contributed by atoms with Gasteiger partial charge in [0.15, 0.2) is 5.96 Å². The molecule has 0 saturated heterocycles. The minimum atomic E-state index is 0.716. The summed E-state index contributed by atoms with van der Waals surface area (Å²) < 4.78 is 0. The van der Waals surface area contributed by atoms with E-state index in [1.807, 2.05) is 31.3 Å². The molecule has 0 aliphatic rings. The summed E-state index contributed by atoms with van der Waals surface area (Å²) in [5.74, 6) is 0.768. The molecule has 0 amide bonds. The first-order chi connectivity index (χ1) is 6.76. The van der Waals surface area contributed by atoms with Gasteiger partial charge in [-0.3, -0.25) is 4.99 Å². The average Bonchev–Trinajstić information content (AvgIpc) is 2.19. The number of guanidine groups is 1. The first-order valence-corrected chi connectivity index (χ1v) is 4.77. The molecule has 14 heavy (non-hydrogen) atoms. The zero-order valence-electron chi connectivity index (χ0n) is 8.34. The predicted octanol–water partition coefficient (Wildman–Crippen LogP) is 1.63. The Morgan fingerprint density at radius 2 is 2.29 bits per heavy atom. The van der Waals surface area contributed by atoms with E-state index in [0.29, 0.717) is 6.54 Å². The van der Waals surface area contributed by atoms with Crippen LogP contribution < -0.4 is 10.6 Å². The van der Waals surface area contributed by atoms with E-state index in [1.54, 1.807) is 7.05 Å². The van der Waals surface area contributed by atoms with Crippen LogP contribution in [0.3, 0.4) is 0 Å². The Labute approximate surface area is 89.2 Å². The Kier molecular flexibility index (Phi) is 4.26. The monoisotopic (exact) mass is 211 g/mol. The van der Waals surface area contributed by atoms with Gasteiger partial charge < -0.3 is 10.6 Å². The zero-order chi connectivity index (χ0) is 10.4. The summed E-state index contributed by atoms with van der Waals surface area (Å²) in [6.07, 6.45) is 0. The molecule has 1 aromatic rings. The smallest absolute Gasteiger partial charge is 0.190 e. The van der Waals surface area contributed by atoms with E-state index in [2.05, 4.69) is 15.6 Å². The highest BCUT2D eigenvalue weighted by atomic mass is 35.5. The van der Waals surface area contributed by atoms with Crippen molar-refractivity contribution in [1.29, 1.82) is 0 Å². The number of benzene rings is 1. The van der Waals surface area contributed by atoms with Gasteiger partial charge in [-0.05, 0) is 17.7 Å². The molecule has 2 N–H and O–H groups in total. The molecule has 76 valence electrons. The van der Waals surface area contributed by atoms with Crippen LogP contribution in [0.2, 0.25) is 5.02 Å². The van der Waals surface area contributed by atoms with Crippen LogP contribution in [0, 0.1) is 0 Å². The molecule has 0 heterocycles. The number of hydrogen-bond acceptors (Lipinski definition) is 1. The van der Waals surface area contributed by atoms with Gasteiger partial charge in [0.2, 0.25) is 0 Å². The Hall–Kier alpha value is -1.22. The van der Waals surface area contributed by atoms with Gasteiger partial charge in [-0.25, -0.2) is 0 Å². The molecule has 0 unspecified atom stereocenters. The lowest BCUT2D eigenvalue weighted by atomic mass is 10.2. The van der Waals surface area contributed by atoms with Crippen LogP contribution in [0.5, 0.6) is 0 Å². The van der Waals surface area contributed by atoms with E-state index in [9.17, 15) is 0 Å². The third-order valence-electron chi connectivity index (χ3n) is 1.81. The van der Waals surface area contributed by atoms with Crippen molar-refractivity contribution in [1.82, 2.24) is 10.6 Å². The van der Waals surface area contributed by atoms with E-state index in [0.717, 1.165) is 16.5 Å². The Bertz CT molecular complexity index is 323.